The third-order valence-electron chi connectivity index (χ3n) is 4.92. The zero-order valence-electron chi connectivity index (χ0n) is 16.2. The molecule has 6 heteroatoms. The Morgan fingerprint density at radius 3 is 2.55 bits per heavy atom. The molecule has 2 aromatic rings. The number of ether oxygens (including phenoxy) is 1. The number of rotatable bonds is 6. The number of carbonyl (C=O) groups is 2. The maximum absolute atomic E-state index is 12.8. The second-order valence-corrected chi connectivity index (χ2v) is 7.95. The Bertz CT molecular complexity index is 918. The molecule has 1 aliphatic rings. The molecule has 0 atom stereocenters. The van der Waals surface area contributed by atoms with Crippen LogP contribution in [0.5, 0.6) is 0 Å². The first kappa shape index (κ1) is 21.6. The zero-order valence-corrected chi connectivity index (χ0v) is 17.7. The summed E-state index contributed by atoms with van der Waals surface area (Å²) in [6.07, 6.45) is 4.87. The Labute approximate surface area is 181 Å². The first-order chi connectivity index (χ1) is 13.9. The van der Waals surface area contributed by atoms with Crippen LogP contribution < -0.4 is 0 Å². The van der Waals surface area contributed by atoms with Crippen LogP contribution in [-0.2, 0) is 16.1 Å². The van der Waals surface area contributed by atoms with E-state index in [4.69, 9.17) is 27.9 Å². The van der Waals surface area contributed by atoms with E-state index < -0.39 is 0 Å². The monoisotopic (exact) mass is 431 g/mol. The van der Waals surface area contributed by atoms with Gasteiger partial charge in [0.1, 0.15) is 6.10 Å². The Hall–Kier alpha value is -2.14. The number of hydrogen-bond donors (Lipinski definition) is 0. The fraction of sp³-hybridized carbons (Fsp3) is 0.304. The van der Waals surface area contributed by atoms with Crippen molar-refractivity contribution in [2.24, 2.45) is 0 Å². The molecule has 0 aliphatic carbocycles. The number of ketones is 1. The summed E-state index contributed by atoms with van der Waals surface area (Å²) in [5.41, 5.74) is 2.40. The maximum Gasteiger partial charge on any atom is 0.302 e. The van der Waals surface area contributed by atoms with Gasteiger partial charge in [0.2, 0.25) is 0 Å². The predicted molar refractivity (Wildman–Crippen MR) is 116 cm³/mol. The van der Waals surface area contributed by atoms with E-state index in [1.807, 2.05) is 24.3 Å². The highest BCUT2D eigenvalue weighted by Gasteiger charge is 2.22. The Balaban J connectivity index is 1.66. The van der Waals surface area contributed by atoms with Crippen molar-refractivity contribution in [3.8, 4) is 0 Å². The first-order valence-corrected chi connectivity index (χ1v) is 10.3. The van der Waals surface area contributed by atoms with Gasteiger partial charge >= 0.3 is 5.97 Å². The summed E-state index contributed by atoms with van der Waals surface area (Å²) in [6.45, 7) is 3.79. The van der Waals surface area contributed by atoms with Crippen molar-refractivity contribution in [3.05, 3.63) is 75.3 Å². The van der Waals surface area contributed by atoms with Crippen LogP contribution in [0.3, 0.4) is 0 Å². The van der Waals surface area contributed by atoms with Crippen LogP contribution in [0.2, 0.25) is 10.0 Å². The number of halogens is 2. The van der Waals surface area contributed by atoms with Crippen LogP contribution in [0.25, 0.3) is 6.08 Å². The third kappa shape index (κ3) is 6.17. The molecule has 0 bridgehead atoms. The Morgan fingerprint density at radius 2 is 1.86 bits per heavy atom. The van der Waals surface area contributed by atoms with E-state index in [-0.39, 0.29) is 17.9 Å². The molecule has 0 spiro atoms. The van der Waals surface area contributed by atoms with E-state index in [9.17, 15) is 9.59 Å². The second kappa shape index (κ2) is 10.1. The highest BCUT2D eigenvalue weighted by Crippen LogP contribution is 2.23. The summed E-state index contributed by atoms with van der Waals surface area (Å²) in [5.74, 6) is -0.298. The van der Waals surface area contributed by atoms with Gasteiger partial charge in [0.25, 0.3) is 0 Å². The van der Waals surface area contributed by atoms with Crippen LogP contribution in [0.4, 0.5) is 0 Å². The van der Waals surface area contributed by atoms with Crippen LogP contribution in [0.1, 0.15) is 41.3 Å². The van der Waals surface area contributed by atoms with E-state index >= 15 is 0 Å². The highest BCUT2D eigenvalue weighted by atomic mass is 35.5. The molecule has 2 aromatic carbocycles. The zero-order chi connectivity index (χ0) is 20.8. The van der Waals surface area contributed by atoms with Gasteiger partial charge in [-0.05, 0) is 48.3 Å². The molecule has 0 N–H and O–H groups in total. The largest absolute Gasteiger partial charge is 0.462 e. The third-order valence-corrected chi connectivity index (χ3v) is 5.48. The van der Waals surface area contributed by atoms with Crippen LogP contribution in [0, 0.1) is 0 Å². The average molecular weight is 432 g/mol. The number of hydrogen-bond acceptors (Lipinski definition) is 4. The maximum atomic E-state index is 12.8. The fourth-order valence-corrected chi connectivity index (χ4v) is 3.92. The molecule has 0 unspecified atom stereocenters. The van der Waals surface area contributed by atoms with Crippen molar-refractivity contribution in [2.45, 2.75) is 32.4 Å². The lowest BCUT2D eigenvalue weighted by atomic mass is 10.0. The molecule has 1 aliphatic heterocycles. The summed E-state index contributed by atoms with van der Waals surface area (Å²) in [7, 11) is 0. The van der Waals surface area contributed by atoms with Crippen LogP contribution in [-0.4, -0.2) is 35.8 Å². The SMILES string of the molecule is CC(=O)OC1CCN(Cc2ccccc2C(=O)C=Cc2ccc(Cl)cc2Cl)CC1. The summed E-state index contributed by atoms with van der Waals surface area (Å²) in [5, 5.41) is 1.06. The number of esters is 1. The molecule has 1 fully saturated rings. The number of carbonyl (C=O) groups excluding carboxylic acids is 2. The summed E-state index contributed by atoms with van der Waals surface area (Å²) >= 11 is 12.1. The topological polar surface area (TPSA) is 46.6 Å². The van der Waals surface area contributed by atoms with Gasteiger partial charge in [-0.15, -0.1) is 0 Å². The minimum absolute atomic E-state index is 0.00677. The molecule has 4 nitrogen and oxygen atoms in total. The van der Waals surface area contributed by atoms with Crippen molar-refractivity contribution in [2.75, 3.05) is 13.1 Å². The lowest BCUT2D eigenvalue weighted by Gasteiger charge is -2.31. The first-order valence-electron chi connectivity index (χ1n) is 9.57. The van der Waals surface area contributed by atoms with E-state index in [1.165, 1.54) is 6.92 Å². The van der Waals surface area contributed by atoms with E-state index in [0.717, 1.165) is 37.1 Å². The summed E-state index contributed by atoms with van der Waals surface area (Å²) < 4.78 is 5.29. The molecule has 0 radical (unpaired) electrons. The molecule has 0 amide bonds. The van der Waals surface area contributed by atoms with Crippen molar-refractivity contribution >= 4 is 41.0 Å². The van der Waals surface area contributed by atoms with E-state index in [0.29, 0.717) is 22.2 Å². The van der Waals surface area contributed by atoms with Gasteiger partial charge in [-0.2, -0.15) is 0 Å². The van der Waals surface area contributed by atoms with Gasteiger partial charge in [0, 0.05) is 42.2 Å². The van der Waals surface area contributed by atoms with Crippen molar-refractivity contribution in [3.63, 3.8) is 0 Å². The quantitative estimate of drug-likeness (QED) is 0.348. The molecule has 0 saturated carbocycles. The number of nitrogens with zero attached hydrogens (tertiary/aromatic N) is 1. The summed E-state index contributed by atoms with van der Waals surface area (Å²) in [6, 6.07) is 12.8. The van der Waals surface area contributed by atoms with Crippen LogP contribution in [0.15, 0.2) is 48.5 Å². The number of piperidine rings is 1. The molecule has 152 valence electrons. The Kier molecular flexibility index (Phi) is 7.48. The molecular weight excluding hydrogens is 409 g/mol. The number of allylic oxidation sites excluding steroid dienone is 1. The normalized spacial score (nSPS) is 15.6. The van der Waals surface area contributed by atoms with Gasteiger partial charge in [-0.3, -0.25) is 14.5 Å². The van der Waals surface area contributed by atoms with Crippen molar-refractivity contribution in [1.29, 1.82) is 0 Å². The summed E-state index contributed by atoms with van der Waals surface area (Å²) in [4.78, 5) is 26.2. The minimum Gasteiger partial charge on any atom is -0.462 e. The van der Waals surface area contributed by atoms with E-state index in [1.54, 1.807) is 30.4 Å². The lowest BCUT2D eigenvalue weighted by molar-refractivity contribution is -0.148. The Morgan fingerprint density at radius 1 is 1.14 bits per heavy atom. The highest BCUT2D eigenvalue weighted by molar-refractivity contribution is 6.35. The molecule has 29 heavy (non-hydrogen) atoms. The molecular formula is C23H23Cl2NO3. The molecule has 1 heterocycles. The van der Waals surface area contributed by atoms with Gasteiger partial charge in [-0.1, -0.05) is 53.5 Å². The van der Waals surface area contributed by atoms with Crippen molar-refractivity contribution < 1.29 is 14.3 Å². The van der Waals surface area contributed by atoms with Crippen LogP contribution >= 0.6 is 23.2 Å². The minimum atomic E-state index is -0.230. The fourth-order valence-electron chi connectivity index (χ4n) is 3.45. The lowest BCUT2D eigenvalue weighted by Crippen LogP contribution is -2.37. The smallest absolute Gasteiger partial charge is 0.302 e. The molecule has 0 aromatic heterocycles. The van der Waals surface area contributed by atoms with Gasteiger partial charge < -0.3 is 4.74 Å². The molecule has 3 rings (SSSR count). The average Bonchev–Trinajstić information content (AvgIpc) is 2.68. The van der Waals surface area contributed by atoms with Gasteiger partial charge in [-0.25, -0.2) is 0 Å². The van der Waals surface area contributed by atoms with Gasteiger partial charge in [0.15, 0.2) is 5.78 Å². The van der Waals surface area contributed by atoms with Crippen molar-refractivity contribution in [1.82, 2.24) is 4.90 Å². The predicted octanol–water partition coefficient (Wildman–Crippen LogP) is 5.42. The number of benzene rings is 2. The van der Waals surface area contributed by atoms with Gasteiger partial charge in [0.05, 0.1) is 0 Å². The van der Waals surface area contributed by atoms with E-state index in [2.05, 4.69) is 4.90 Å². The number of likely N-dealkylation sites (tertiary alicyclic amines) is 1. The standard InChI is InChI=1S/C23H23Cl2NO3/c1-16(27)29-20-10-12-26(13-11-20)15-18-4-2-3-5-21(18)23(28)9-7-17-6-8-19(24)14-22(17)25/h2-9,14,20H,10-13,15H2,1H3. The molecule has 1 saturated heterocycles. The second-order valence-electron chi connectivity index (χ2n) is 7.11.